The van der Waals surface area contributed by atoms with E-state index in [0.29, 0.717) is 10.8 Å². The second-order valence-electron chi connectivity index (χ2n) is 5.00. The molecule has 0 radical (unpaired) electrons. The Balaban J connectivity index is 1.81. The van der Waals surface area contributed by atoms with Crippen LogP contribution < -0.4 is 15.8 Å². The lowest BCUT2D eigenvalue weighted by molar-refractivity contribution is -0.120. The van der Waals surface area contributed by atoms with Crippen LogP contribution in [0.15, 0.2) is 41.5 Å². The summed E-state index contributed by atoms with van der Waals surface area (Å²) in [5.41, 5.74) is 3.42. The molecule has 1 aliphatic heterocycles. The van der Waals surface area contributed by atoms with Gasteiger partial charge in [0.25, 0.3) is 11.8 Å². The molecule has 3 rings (SSSR count). The highest BCUT2D eigenvalue weighted by molar-refractivity contribution is 7.15. The van der Waals surface area contributed by atoms with Gasteiger partial charge in [0, 0.05) is 11.1 Å². The molecule has 2 aromatic rings. The van der Waals surface area contributed by atoms with Crippen molar-refractivity contribution in [2.45, 2.75) is 19.9 Å². The molecule has 2 heterocycles. The van der Waals surface area contributed by atoms with Gasteiger partial charge in [-0.05, 0) is 26.0 Å². The van der Waals surface area contributed by atoms with Gasteiger partial charge in [0.1, 0.15) is 6.04 Å². The van der Waals surface area contributed by atoms with Crippen molar-refractivity contribution in [2.75, 3.05) is 10.3 Å². The van der Waals surface area contributed by atoms with E-state index in [9.17, 15) is 9.59 Å². The van der Waals surface area contributed by atoms with Gasteiger partial charge in [-0.3, -0.25) is 20.3 Å². The standard InChI is InChI=1S/C15H15N5O2S/c1-9-8-16-15(23-9)18-13(21)12-17-10(2)14(22)20(19-12)11-6-4-3-5-7-11/h3-8,10H,1-2H3,(H,17,19)(H,16,18,21)/t10-/m1/s1. The van der Waals surface area contributed by atoms with Crippen LogP contribution in [0, 0.1) is 6.92 Å². The largest absolute Gasteiger partial charge is 0.295 e. The maximum Gasteiger partial charge on any atom is 0.294 e. The van der Waals surface area contributed by atoms with Crippen LogP contribution in [-0.4, -0.2) is 28.7 Å². The second kappa shape index (κ2) is 6.17. The number of aryl methyl sites for hydroxylation is 1. The zero-order valence-corrected chi connectivity index (χ0v) is 13.4. The number of carbonyl (C=O) groups is 2. The van der Waals surface area contributed by atoms with Crippen LogP contribution >= 0.6 is 11.3 Å². The van der Waals surface area contributed by atoms with Gasteiger partial charge in [0.2, 0.25) is 5.84 Å². The number of nitrogens with zero attached hydrogens (tertiary/aromatic N) is 3. The Morgan fingerprint density at radius 3 is 2.74 bits per heavy atom. The number of nitrogens with one attached hydrogen (secondary N) is 2. The van der Waals surface area contributed by atoms with Gasteiger partial charge in [0.15, 0.2) is 5.13 Å². The van der Waals surface area contributed by atoms with E-state index in [2.05, 4.69) is 20.7 Å². The first-order chi connectivity index (χ1) is 11.0. The third-order valence-electron chi connectivity index (χ3n) is 3.19. The Labute approximate surface area is 137 Å². The van der Waals surface area contributed by atoms with Gasteiger partial charge in [-0.25, -0.2) is 15.0 Å². The lowest BCUT2D eigenvalue weighted by Gasteiger charge is -2.30. The third-order valence-corrected chi connectivity index (χ3v) is 4.02. The summed E-state index contributed by atoms with van der Waals surface area (Å²) < 4.78 is 0. The molecule has 1 aromatic heterocycles. The predicted octanol–water partition coefficient (Wildman–Crippen LogP) is 1.73. The molecular weight excluding hydrogens is 314 g/mol. The number of benzene rings is 1. The number of para-hydroxylation sites is 1. The van der Waals surface area contributed by atoms with Crippen molar-refractivity contribution in [3.63, 3.8) is 0 Å². The molecule has 2 amide bonds. The average Bonchev–Trinajstić information content (AvgIpc) is 2.95. The molecule has 7 nitrogen and oxygen atoms in total. The first kappa shape index (κ1) is 15.2. The lowest BCUT2D eigenvalue weighted by atomic mass is 10.2. The molecule has 0 bridgehead atoms. The molecule has 0 unspecified atom stereocenters. The van der Waals surface area contributed by atoms with E-state index in [4.69, 9.17) is 0 Å². The van der Waals surface area contributed by atoms with Crippen LogP contribution in [0.2, 0.25) is 0 Å². The molecule has 8 heteroatoms. The van der Waals surface area contributed by atoms with Crippen molar-refractivity contribution in [3.05, 3.63) is 41.4 Å². The summed E-state index contributed by atoms with van der Waals surface area (Å²) in [6.45, 7) is 3.56. The number of rotatable bonds is 3. The number of anilines is 2. The summed E-state index contributed by atoms with van der Waals surface area (Å²) >= 11 is 1.37. The maximum absolute atomic E-state index is 12.3. The summed E-state index contributed by atoms with van der Waals surface area (Å²) in [5.74, 6) is -0.578. The third kappa shape index (κ3) is 3.21. The highest BCUT2D eigenvalue weighted by atomic mass is 32.1. The lowest BCUT2D eigenvalue weighted by Crippen LogP contribution is -2.57. The van der Waals surface area contributed by atoms with Crippen molar-refractivity contribution >= 4 is 39.8 Å². The Kier molecular flexibility index (Phi) is 4.07. The van der Waals surface area contributed by atoms with Crippen LogP contribution in [0.3, 0.4) is 0 Å². The Morgan fingerprint density at radius 1 is 1.35 bits per heavy atom. The fourth-order valence-electron chi connectivity index (χ4n) is 2.07. The van der Waals surface area contributed by atoms with Crippen molar-refractivity contribution in [2.24, 2.45) is 4.99 Å². The average molecular weight is 329 g/mol. The fourth-order valence-corrected chi connectivity index (χ4v) is 2.73. The second-order valence-corrected chi connectivity index (χ2v) is 6.24. The van der Waals surface area contributed by atoms with Crippen LogP contribution in [0.5, 0.6) is 0 Å². The molecule has 0 aliphatic carbocycles. The Hall–Kier alpha value is -2.74. The summed E-state index contributed by atoms with van der Waals surface area (Å²) in [7, 11) is 0. The molecule has 1 aliphatic rings. The smallest absolute Gasteiger partial charge is 0.294 e. The predicted molar refractivity (Wildman–Crippen MR) is 89.4 cm³/mol. The van der Waals surface area contributed by atoms with E-state index < -0.39 is 11.9 Å². The molecule has 1 atom stereocenters. The topological polar surface area (TPSA) is 86.7 Å². The zero-order valence-electron chi connectivity index (χ0n) is 12.6. The number of hydrogen-bond donors (Lipinski definition) is 2. The SMILES string of the molecule is Cc1cnc(NC(=O)C2=N[C@H](C)C(=O)N(c3ccccc3)N2)s1. The number of hydrazine groups is 1. The van der Waals surface area contributed by atoms with Gasteiger partial charge in [-0.2, -0.15) is 0 Å². The first-order valence-electron chi connectivity index (χ1n) is 7.02. The zero-order chi connectivity index (χ0) is 16.4. The molecule has 2 N–H and O–H groups in total. The van der Waals surface area contributed by atoms with Gasteiger partial charge < -0.3 is 0 Å². The first-order valence-corrected chi connectivity index (χ1v) is 7.83. The molecular formula is C15H15N5O2S. The van der Waals surface area contributed by atoms with E-state index in [1.54, 1.807) is 25.3 Å². The van der Waals surface area contributed by atoms with Gasteiger partial charge in [0.05, 0.1) is 5.69 Å². The highest BCUT2D eigenvalue weighted by Gasteiger charge is 2.30. The van der Waals surface area contributed by atoms with Crippen LogP contribution in [0.1, 0.15) is 11.8 Å². The van der Waals surface area contributed by atoms with Crippen molar-refractivity contribution in [1.29, 1.82) is 0 Å². The number of carbonyl (C=O) groups excluding carboxylic acids is 2. The number of aliphatic imine (C=N–C) groups is 1. The van der Waals surface area contributed by atoms with Gasteiger partial charge in [-0.1, -0.05) is 18.2 Å². The Bertz CT molecular complexity index is 771. The maximum atomic E-state index is 12.3. The van der Waals surface area contributed by atoms with E-state index in [0.717, 1.165) is 4.88 Å². The van der Waals surface area contributed by atoms with Crippen molar-refractivity contribution in [3.8, 4) is 0 Å². The molecule has 0 fully saturated rings. The van der Waals surface area contributed by atoms with Crippen LogP contribution in [0.25, 0.3) is 0 Å². The highest BCUT2D eigenvalue weighted by Crippen LogP contribution is 2.18. The summed E-state index contributed by atoms with van der Waals surface area (Å²) in [6.07, 6.45) is 1.68. The van der Waals surface area contributed by atoms with E-state index in [-0.39, 0.29) is 11.7 Å². The monoisotopic (exact) mass is 329 g/mol. The number of amidine groups is 1. The van der Waals surface area contributed by atoms with Crippen molar-refractivity contribution in [1.82, 2.24) is 10.4 Å². The number of aromatic nitrogens is 1. The minimum atomic E-state index is -0.643. The van der Waals surface area contributed by atoms with E-state index in [1.807, 2.05) is 25.1 Å². The minimum Gasteiger partial charge on any atom is -0.295 e. The Morgan fingerprint density at radius 2 is 2.09 bits per heavy atom. The molecule has 0 saturated heterocycles. The molecule has 23 heavy (non-hydrogen) atoms. The summed E-state index contributed by atoms with van der Waals surface area (Å²) in [5, 5.41) is 4.50. The summed E-state index contributed by atoms with van der Waals surface area (Å²) in [6, 6.07) is 8.41. The fraction of sp³-hybridized carbons (Fsp3) is 0.200. The number of hydrogen-bond acceptors (Lipinski definition) is 6. The van der Waals surface area contributed by atoms with Gasteiger partial charge in [-0.15, -0.1) is 11.3 Å². The molecule has 0 spiro atoms. The van der Waals surface area contributed by atoms with Crippen LogP contribution in [0.4, 0.5) is 10.8 Å². The summed E-state index contributed by atoms with van der Waals surface area (Å²) in [4.78, 5) is 33.8. The van der Waals surface area contributed by atoms with Gasteiger partial charge >= 0.3 is 0 Å². The number of amides is 2. The van der Waals surface area contributed by atoms with Crippen LogP contribution in [-0.2, 0) is 9.59 Å². The molecule has 118 valence electrons. The molecule has 1 aromatic carbocycles. The normalized spacial score (nSPS) is 17.5. The molecule has 0 saturated carbocycles. The van der Waals surface area contributed by atoms with Crippen molar-refractivity contribution < 1.29 is 9.59 Å². The number of thiazole rings is 1. The minimum absolute atomic E-state index is 0.0776. The van der Waals surface area contributed by atoms with E-state index in [1.165, 1.54) is 16.3 Å². The quantitative estimate of drug-likeness (QED) is 0.898. The van der Waals surface area contributed by atoms with E-state index >= 15 is 0 Å².